The van der Waals surface area contributed by atoms with Gasteiger partial charge in [-0.05, 0) is 51.3 Å². The average Bonchev–Trinajstić information content (AvgIpc) is 2.37. The Morgan fingerprint density at radius 3 is 2.53 bits per heavy atom. The molecule has 1 aromatic rings. The molecule has 1 aliphatic carbocycles. The third-order valence-electron chi connectivity index (χ3n) is 4.40. The maximum Gasteiger partial charge on any atom is 0.0374 e. The van der Waals surface area contributed by atoms with Crippen molar-refractivity contribution in [1.29, 1.82) is 0 Å². The van der Waals surface area contributed by atoms with Gasteiger partial charge in [0.25, 0.3) is 0 Å². The number of hydrogen-bond donors (Lipinski definition) is 1. The molecule has 0 aliphatic heterocycles. The maximum absolute atomic E-state index is 6.09. The molecule has 0 saturated heterocycles. The molecule has 0 aromatic heterocycles. The number of rotatable bonds is 3. The Morgan fingerprint density at radius 1 is 1.29 bits per heavy atom. The molecule has 2 nitrogen and oxygen atoms in total. The third kappa shape index (κ3) is 2.24. The van der Waals surface area contributed by atoms with Crippen LogP contribution in [0, 0.1) is 0 Å². The number of likely N-dealkylation sites (N-methyl/N-ethyl adjacent to an activating group) is 1. The smallest absolute Gasteiger partial charge is 0.0374 e. The van der Waals surface area contributed by atoms with Crippen molar-refractivity contribution in [2.75, 3.05) is 13.6 Å². The summed E-state index contributed by atoms with van der Waals surface area (Å²) in [5, 5.41) is 0. The van der Waals surface area contributed by atoms with E-state index in [9.17, 15) is 0 Å². The Balaban J connectivity index is 2.29. The van der Waals surface area contributed by atoms with E-state index >= 15 is 0 Å². The summed E-state index contributed by atoms with van der Waals surface area (Å²) >= 11 is 0. The van der Waals surface area contributed by atoms with E-state index in [-0.39, 0.29) is 5.54 Å². The van der Waals surface area contributed by atoms with Crippen LogP contribution in [0.15, 0.2) is 24.3 Å². The van der Waals surface area contributed by atoms with E-state index in [2.05, 4.69) is 50.1 Å². The van der Waals surface area contributed by atoms with Gasteiger partial charge in [-0.2, -0.15) is 0 Å². The standard InChI is InChI=1S/C15H24N2/c1-12(2)17(3)15(11-16)9-8-13-6-4-5-7-14(13)10-15/h4-7,12H,8-11,16H2,1-3H3. The van der Waals surface area contributed by atoms with Crippen molar-refractivity contribution >= 4 is 0 Å². The van der Waals surface area contributed by atoms with Gasteiger partial charge in [0.05, 0.1) is 0 Å². The molecule has 17 heavy (non-hydrogen) atoms. The monoisotopic (exact) mass is 232 g/mol. The Labute approximate surface area is 105 Å². The molecular weight excluding hydrogens is 208 g/mol. The van der Waals surface area contributed by atoms with Crippen LogP contribution in [0.1, 0.15) is 31.4 Å². The molecule has 2 rings (SSSR count). The van der Waals surface area contributed by atoms with Crippen LogP contribution in [-0.2, 0) is 12.8 Å². The number of fused-ring (bicyclic) bond motifs is 1. The lowest BCUT2D eigenvalue weighted by Gasteiger charge is -2.46. The summed E-state index contributed by atoms with van der Waals surface area (Å²) in [7, 11) is 2.21. The molecule has 0 saturated carbocycles. The third-order valence-corrected chi connectivity index (χ3v) is 4.40. The van der Waals surface area contributed by atoms with Gasteiger partial charge in [0.2, 0.25) is 0 Å². The summed E-state index contributed by atoms with van der Waals surface area (Å²) in [5.74, 6) is 0. The molecule has 1 atom stereocenters. The average molecular weight is 232 g/mol. The Hall–Kier alpha value is -0.860. The van der Waals surface area contributed by atoms with E-state index < -0.39 is 0 Å². The van der Waals surface area contributed by atoms with Crippen molar-refractivity contribution in [3.05, 3.63) is 35.4 Å². The van der Waals surface area contributed by atoms with E-state index in [0.29, 0.717) is 6.04 Å². The van der Waals surface area contributed by atoms with Crippen LogP contribution in [0.4, 0.5) is 0 Å². The van der Waals surface area contributed by atoms with Gasteiger partial charge in [0, 0.05) is 18.1 Å². The van der Waals surface area contributed by atoms with Crippen molar-refractivity contribution in [1.82, 2.24) is 4.90 Å². The van der Waals surface area contributed by atoms with Crippen molar-refractivity contribution < 1.29 is 0 Å². The first-order valence-corrected chi connectivity index (χ1v) is 6.59. The predicted octanol–water partition coefficient (Wildman–Crippen LogP) is 2.21. The second kappa shape index (κ2) is 4.79. The van der Waals surface area contributed by atoms with Crippen LogP contribution in [0.2, 0.25) is 0 Å². The molecule has 1 unspecified atom stereocenters. The van der Waals surface area contributed by atoms with E-state index in [0.717, 1.165) is 19.4 Å². The molecule has 0 bridgehead atoms. The van der Waals surface area contributed by atoms with Crippen LogP contribution < -0.4 is 5.73 Å². The summed E-state index contributed by atoms with van der Waals surface area (Å²) in [5.41, 5.74) is 9.24. The molecule has 2 N–H and O–H groups in total. The van der Waals surface area contributed by atoms with Crippen LogP contribution in [0.5, 0.6) is 0 Å². The Morgan fingerprint density at radius 2 is 1.94 bits per heavy atom. The van der Waals surface area contributed by atoms with Crippen molar-refractivity contribution in [2.45, 2.75) is 44.7 Å². The number of aryl methyl sites for hydroxylation is 1. The summed E-state index contributed by atoms with van der Waals surface area (Å²) in [6, 6.07) is 9.34. The molecule has 1 aliphatic rings. The van der Waals surface area contributed by atoms with Gasteiger partial charge >= 0.3 is 0 Å². The maximum atomic E-state index is 6.09. The normalized spacial score (nSPS) is 24.1. The lowest BCUT2D eigenvalue weighted by Crippen LogP contribution is -2.57. The van der Waals surface area contributed by atoms with Gasteiger partial charge in [-0.15, -0.1) is 0 Å². The molecular formula is C15H24N2. The topological polar surface area (TPSA) is 29.3 Å². The van der Waals surface area contributed by atoms with Crippen LogP contribution in [0.3, 0.4) is 0 Å². The zero-order valence-corrected chi connectivity index (χ0v) is 11.2. The minimum Gasteiger partial charge on any atom is -0.329 e. The second-order valence-electron chi connectivity index (χ2n) is 5.58. The van der Waals surface area contributed by atoms with Crippen LogP contribution in [0.25, 0.3) is 0 Å². The van der Waals surface area contributed by atoms with Gasteiger partial charge in [-0.3, -0.25) is 4.90 Å². The van der Waals surface area contributed by atoms with Gasteiger partial charge < -0.3 is 5.73 Å². The Bertz CT molecular complexity index is 386. The van der Waals surface area contributed by atoms with Gasteiger partial charge in [-0.1, -0.05) is 24.3 Å². The van der Waals surface area contributed by atoms with Crippen LogP contribution >= 0.6 is 0 Å². The minimum atomic E-state index is 0.155. The fourth-order valence-electron chi connectivity index (χ4n) is 2.95. The Kier molecular flexibility index (Phi) is 3.55. The summed E-state index contributed by atoms with van der Waals surface area (Å²) in [6.45, 7) is 5.24. The molecule has 0 amide bonds. The predicted molar refractivity (Wildman–Crippen MR) is 73.2 cm³/mol. The molecule has 1 aromatic carbocycles. The first-order valence-electron chi connectivity index (χ1n) is 6.59. The van der Waals surface area contributed by atoms with E-state index in [1.165, 1.54) is 17.5 Å². The highest BCUT2D eigenvalue weighted by atomic mass is 15.2. The molecule has 2 heteroatoms. The van der Waals surface area contributed by atoms with Gasteiger partial charge in [0.15, 0.2) is 0 Å². The fourth-order valence-corrected chi connectivity index (χ4v) is 2.95. The summed E-state index contributed by atoms with van der Waals surface area (Å²) in [4.78, 5) is 2.46. The van der Waals surface area contributed by atoms with Gasteiger partial charge in [0.1, 0.15) is 0 Å². The molecule has 0 spiro atoms. The lowest BCUT2D eigenvalue weighted by molar-refractivity contribution is 0.0780. The van der Waals surface area contributed by atoms with Crippen molar-refractivity contribution in [3.63, 3.8) is 0 Å². The minimum absolute atomic E-state index is 0.155. The van der Waals surface area contributed by atoms with Crippen molar-refractivity contribution in [3.8, 4) is 0 Å². The van der Waals surface area contributed by atoms with E-state index in [1.807, 2.05) is 0 Å². The highest BCUT2D eigenvalue weighted by Gasteiger charge is 2.37. The molecule has 94 valence electrons. The molecule has 0 heterocycles. The lowest BCUT2D eigenvalue weighted by atomic mass is 9.76. The summed E-state index contributed by atoms with van der Waals surface area (Å²) in [6.07, 6.45) is 3.42. The number of nitrogens with two attached hydrogens (primary N) is 1. The molecule has 0 fully saturated rings. The second-order valence-corrected chi connectivity index (χ2v) is 5.58. The quantitative estimate of drug-likeness (QED) is 0.866. The SMILES string of the molecule is CC(C)N(C)C1(CN)CCc2ccccc2C1. The fraction of sp³-hybridized carbons (Fsp3) is 0.600. The zero-order chi connectivity index (χ0) is 12.5. The van der Waals surface area contributed by atoms with E-state index in [4.69, 9.17) is 5.73 Å². The zero-order valence-electron chi connectivity index (χ0n) is 11.2. The number of benzene rings is 1. The largest absolute Gasteiger partial charge is 0.329 e. The molecule has 0 radical (unpaired) electrons. The first kappa shape index (κ1) is 12.6. The number of nitrogens with zero attached hydrogens (tertiary/aromatic N) is 1. The number of hydrogen-bond acceptors (Lipinski definition) is 2. The van der Waals surface area contributed by atoms with Crippen molar-refractivity contribution in [2.24, 2.45) is 5.73 Å². The first-order chi connectivity index (χ1) is 8.09. The van der Waals surface area contributed by atoms with E-state index in [1.54, 1.807) is 0 Å². The van der Waals surface area contributed by atoms with Crippen LogP contribution in [-0.4, -0.2) is 30.1 Å². The highest BCUT2D eigenvalue weighted by Crippen LogP contribution is 2.32. The summed E-state index contributed by atoms with van der Waals surface area (Å²) < 4.78 is 0. The highest BCUT2D eigenvalue weighted by molar-refractivity contribution is 5.32. The van der Waals surface area contributed by atoms with Gasteiger partial charge in [-0.25, -0.2) is 0 Å².